The quantitative estimate of drug-likeness (QED) is 0.0676. The van der Waals surface area contributed by atoms with Gasteiger partial charge >= 0.3 is 11.9 Å². The molecule has 1 saturated heterocycles. The van der Waals surface area contributed by atoms with Gasteiger partial charge in [0.05, 0.1) is 29.3 Å². The van der Waals surface area contributed by atoms with E-state index in [9.17, 15) is 29.6 Å². The number of carbonyl (C=O) groups is 3. The molecule has 0 radical (unpaired) electrons. The van der Waals surface area contributed by atoms with Crippen LogP contribution in [0.5, 0.6) is 5.75 Å². The Labute approximate surface area is 249 Å². The van der Waals surface area contributed by atoms with Crippen molar-refractivity contribution >= 4 is 45.6 Å². The lowest BCUT2D eigenvalue weighted by atomic mass is 9.94. The number of thiazole rings is 1. The zero-order chi connectivity index (χ0) is 30.8. The summed E-state index contributed by atoms with van der Waals surface area (Å²) in [5.41, 5.74) is 1.79. The van der Waals surface area contributed by atoms with Gasteiger partial charge in [0.1, 0.15) is 23.0 Å². The number of ether oxygens (including phenoxy) is 2. The van der Waals surface area contributed by atoms with Crippen molar-refractivity contribution in [3.8, 4) is 5.75 Å². The molecule has 1 amide bonds. The number of methoxy groups -OCH3 is 1. The fourth-order valence-corrected chi connectivity index (χ4v) is 5.78. The molecule has 1 atom stereocenters. The van der Waals surface area contributed by atoms with E-state index in [1.807, 2.05) is 30.3 Å². The number of anilines is 1. The van der Waals surface area contributed by atoms with Crippen molar-refractivity contribution in [3.63, 3.8) is 0 Å². The number of amides is 1. The maximum atomic E-state index is 13.5. The molecule has 1 fully saturated rings. The lowest BCUT2D eigenvalue weighted by molar-refractivity contribution is -0.384. The van der Waals surface area contributed by atoms with Gasteiger partial charge in [0.15, 0.2) is 5.13 Å². The highest BCUT2D eigenvalue weighted by Crippen LogP contribution is 2.44. The van der Waals surface area contributed by atoms with Gasteiger partial charge in [-0.1, -0.05) is 53.8 Å². The third kappa shape index (κ3) is 5.60. The zero-order valence-electron chi connectivity index (χ0n) is 23.3. The smallest absolute Gasteiger partial charge is 0.350 e. The van der Waals surface area contributed by atoms with Crippen LogP contribution in [0.1, 0.15) is 43.7 Å². The first-order chi connectivity index (χ1) is 20.6. The Hall–Kier alpha value is -5.36. The number of non-ortho nitro benzene ring substituents is 1. The first-order valence-corrected chi connectivity index (χ1v) is 13.8. The third-order valence-electron chi connectivity index (χ3n) is 6.89. The molecule has 1 aliphatic rings. The van der Waals surface area contributed by atoms with Crippen molar-refractivity contribution in [2.75, 3.05) is 12.0 Å². The van der Waals surface area contributed by atoms with E-state index in [1.54, 1.807) is 32.0 Å². The standard InChI is InChI=1S/C31H25N3O8S/c1-17-14-21(12-13-23(17)42-16-19-8-5-4-6-9-19)26(35)24-25(20-10-7-11-22(15-20)34(39)40)33(29(37)27(24)36)31-32-18(2)28(43-31)30(38)41-3/h4-15,25,35H,16H2,1-3H3/t25-/m0/s1. The number of carbonyl (C=O) groups excluding carboxylic acids is 3. The van der Waals surface area contributed by atoms with Gasteiger partial charge in [-0.2, -0.15) is 0 Å². The normalized spacial score (nSPS) is 15.9. The fraction of sp³-hybridized carbons (Fsp3) is 0.161. The number of benzene rings is 3. The van der Waals surface area contributed by atoms with Crippen molar-refractivity contribution in [2.45, 2.75) is 26.5 Å². The maximum Gasteiger partial charge on any atom is 0.350 e. The van der Waals surface area contributed by atoms with E-state index in [0.717, 1.165) is 21.8 Å². The van der Waals surface area contributed by atoms with Crippen LogP contribution >= 0.6 is 11.3 Å². The number of aliphatic hydroxyl groups is 1. The molecule has 0 saturated carbocycles. The average Bonchev–Trinajstić information content (AvgIpc) is 3.52. The van der Waals surface area contributed by atoms with Crippen molar-refractivity contribution in [1.29, 1.82) is 0 Å². The summed E-state index contributed by atoms with van der Waals surface area (Å²) in [5.74, 6) is -2.61. The van der Waals surface area contributed by atoms with Gasteiger partial charge in [-0.25, -0.2) is 9.78 Å². The minimum Gasteiger partial charge on any atom is -0.507 e. The molecule has 0 aliphatic carbocycles. The molecule has 5 rings (SSSR count). The molecular formula is C31H25N3O8S. The van der Waals surface area contributed by atoms with Crippen molar-refractivity contribution in [1.82, 2.24) is 4.98 Å². The molecule has 0 spiro atoms. The largest absolute Gasteiger partial charge is 0.507 e. The summed E-state index contributed by atoms with van der Waals surface area (Å²) in [7, 11) is 1.20. The van der Waals surface area contributed by atoms with Crippen LogP contribution in [0.2, 0.25) is 0 Å². The van der Waals surface area contributed by atoms with Gasteiger partial charge in [-0.3, -0.25) is 24.6 Å². The van der Waals surface area contributed by atoms with E-state index in [4.69, 9.17) is 9.47 Å². The van der Waals surface area contributed by atoms with E-state index >= 15 is 0 Å². The van der Waals surface area contributed by atoms with Gasteiger partial charge in [-0.05, 0) is 48.7 Å². The number of rotatable bonds is 8. The van der Waals surface area contributed by atoms with Crippen LogP contribution in [0.15, 0.2) is 78.4 Å². The Kier molecular flexibility index (Phi) is 8.04. The van der Waals surface area contributed by atoms with Crippen LogP contribution in [0, 0.1) is 24.0 Å². The molecule has 11 nitrogen and oxygen atoms in total. The van der Waals surface area contributed by atoms with Crippen LogP contribution in [-0.2, 0) is 20.9 Å². The van der Waals surface area contributed by atoms with Gasteiger partial charge in [-0.15, -0.1) is 0 Å². The molecule has 2 heterocycles. The first-order valence-electron chi connectivity index (χ1n) is 13.0. The summed E-state index contributed by atoms with van der Waals surface area (Å²) >= 11 is 0.834. The highest BCUT2D eigenvalue weighted by atomic mass is 32.1. The Morgan fingerprint density at radius 3 is 2.49 bits per heavy atom. The average molecular weight is 600 g/mol. The molecule has 0 bridgehead atoms. The number of Topliss-reactive ketones (excluding diaryl/α,β-unsaturated/α-hetero) is 1. The second-order valence-electron chi connectivity index (χ2n) is 9.68. The summed E-state index contributed by atoms with van der Waals surface area (Å²) in [5, 5.41) is 23.1. The molecular weight excluding hydrogens is 574 g/mol. The summed E-state index contributed by atoms with van der Waals surface area (Å²) in [6.07, 6.45) is 0. The molecule has 1 aliphatic heterocycles. The summed E-state index contributed by atoms with van der Waals surface area (Å²) in [6.45, 7) is 3.65. The molecule has 0 unspecified atom stereocenters. The molecule has 4 aromatic rings. The van der Waals surface area contributed by atoms with Gasteiger partial charge in [0, 0.05) is 17.7 Å². The number of aliphatic hydroxyl groups excluding tert-OH is 1. The summed E-state index contributed by atoms with van der Waals surface area (Å²) in [4.78, 5) is 55.7. The minimum absolute atomic E-state index is 0.00334. The zero-order valence-corrected chi connectivity index (χ0v) is 24.1. The second kappa shape index (κ2) is 11.9. The molecule has 43 heavy (non-hydrogen) atoms. The lowest BCUT2D eigenvalue weighted by Gasteiger charge is -2.23. The van der Waals surface area contributed by atoms with Crippen LogP contribution in [0.25, 0.3) is 5.76 Å². The number of aryl methyl sites for hydroxylation is 2. The Morgan fingerprint density at radius 1 is 1.07 bits per heavy atom. The van der Waals surface area contributed by atoms with Crippen molar-refractivity contribution in [3.05, 3.63) is 121 Å². The van der Waals surface area contributed by atoms with E-state index in [0.29, 0.717) is 17.9 Å². The van der Waals surface area contributed by atoms with Gasteiger partial charge < -0.3 is 14.6 Å². The SMILES string of the molecule is COC(=O)c1sc(N2C(=O)C(=O)C(=C(O)c3ccc(OCc4ccccc4)c(C)c3)[C@@H]2c2cccc([N+](=O)[O-])c2)nc1C. The summed E-state index contributed by atoms with van der Waals surface area (Å²) in [6, 6.07) is 18.6. The molecule has 12 heteroatoms. The highest BCUT2D eigenvalue weighted by molar-refractivity contribution is 7.17. The number of hydrogen-bond acceptors (Lipinski definition) is 10. The predicted molar refractivity (Wildman–Crippen MR) is 158 cm³/mol. The van der Waals surface area contributed by atoms with E-state index < -0.39 is 34.4 Å². The fourth-order valence-electron chi connectivity index (χ4n) is 4.77. The maximum absolute atomic E-state index is 13.5. The number of nitro groups is 1. The monoisotopic (exact) mass is 599 g/mol. The molecule has 1 aromatic heterocycles. The van der Waals surface area contributed by atoms with Crippen molar-refractivity contribution < 1.29 is 33.9 Å². The van der Waals surface area contributed by atoms with Crippen LogP contribution < -0.4 is 9.64 Å². The van der Waals surface area contributed by atoms with Gasteiger partial charge in [0.2, 0.25) is 0 Å². The van der Waals surface area contributed by atoms with Gasteiger partial charge in [0.25, 0.3) is 11.5 Å². The lowest BCUT2D eigenvalue weighted by Crippen LogP contribution is -2.29. The van der Waals surface area contributed by atoms with Crippen LogP contribution in [0.3, 0.4) is 0 Å². The predicted octanol–water partition coefficient (Wildman–Crippen LogP) is 5.66. The van der Waals surface area contributed by atoms with E-state index in [2.05, 4.69) is 4.98 Å². The third-order valence-corrected chi connectivity index (χ3v) is 8.03. The molecule has 218 valence electrons. The Morgan fingerprint density at radius 2 is 1.81 bits per heavy atom. The second-order valence-corrected chi connectivity index (χ2v) is 10.7. The number of esters is 1. The van der Waals surface area contributed by atoms with Crippen molar-refractivity contribution in [2.24, 2.45) is 0 Å². The number of nitrogens with zero attached hydrogens (tertiary/aromatic N) is 3. The number of aromatic nitrogens is 1. The summed E-state index contributed by atoms with van der Waals surface area (Å²) < 4.78 is 10.7. The van der Waals surface area contributed by atoms with E-state index in [1.165, 1.54) is 31.4 Å². The number of hydrogen-bond donors (Lipinski definition) is 1. The Balaban J connectivity index is 1.60. The number of ketones is 1. The van der Waals surface area contributed by atoms with E-state index in [-0.39, 0.29) is 38.1 Å². The molecule has 1 N–H and O–H groups in total. The van der Waals surface area contributed by atoms with Crippen LogP contribution in [-0.4, -0.2) is 39.8 Å². The molecule has 3 aromatic carbocycles. The minimum atomic E-state index is -1.27. The number of nitro benzene ring substituents is 1. The topological polar surface area (TPSA) is 149 Å². The van der Waals surface area contributed by atoms with Crippen LogP contribution in [0.4, 0.5) is 10.8 Å². The highest BCUT2D eigenvalue weighted by Gasteiger charge is 2.48. The Bertz CT molecular complexity index is 1800. The first kappa shape index (κ1) is 29.1.